The van der Waals surface area contributed by atoms with Crippen molar-refractivity contribution in [1.29, 1.82) is 0 Å². The first kappa shape index (κ1) is 19.3. The topological polar surface area (TPSA) is 66.8 Å². The summed E-state index contributed by atoms with van der Waals surface area (Å²) in [5, 5.41) is 8.08. The Morgan fingerprint density at radius 3 is 2.75 bits per heavy atom. The van der Waals surface area contributed by atoms with Gasteiger partial charge in [-0.3, -0.25) is 9.78 Å². The van der Waals surface area contributed by atoms with Crippen LogP contribution in [0.1, 0.15) is 18.4 Å². The fraction of sp³-hybridized carbons (Fsp3) is 0.167. The van der Waals surface area contributed by atoms with Crippen molar-refractivity contribution in [3.05, 3.63) is 60.2 Å². The highest BCUT2D eigenvalue weighted by atomic mass is 19.4. The number of pyridine rings is 1. The first-order chi connectivity index (χ1) is 13.4. The van der Waals surface area contributed by atoms with E-state index < -0.39 is 17.9 Å². The van der Waals surface area contributed by atoms with Gasteiger partial charge >= 0.3 is 6.36 Å². The Morgan fingerprint density at radius 2 is 2.04 bits per heavy atom. The van der Waals surface area contributed by atoms with Crippen molar-refractivity contribution in [3.63, 3.8) is 0 Å². The van der Waals surface area contributed by atoms with E-state index in [0.29, 0.717) is 36.3 Å². The highest BCUT2D eigenvalue weighted by Crippen LogP contribution is 2.32. The summed E-state index contributed by atoms with van der Waals surface area (Å²) >= 11 is 0. The number of allylic oxidation sites excluding steroid dienone is 1. The fourth-order valence-corrected chi connectivity index (χ4v) is 2.63. The molecule has 2 aromatic rings. The Kier molecular flexibility index (Phi) is 5.57. The predicted octanol–water partition coefficient (Wildman–Crippen LogP) is 3.82. The Labute approximate surface area is 157 Å². The number of anilines is 1. The third-order valence-corrected chi connectivity index (χ3v) is 3.69. The van der Waals surface area contributed by atoms with E-state index in [2.05, 4.69) is 20.1 Å². The summed E-state index contributed by atoms with van der Waals surface area (Å²) < 4.78 is 55.3. The van der Waals surface area contributed by atoms with Gasteiger partial charge in [-0.05, 0) is 18.6 Å². The van der Waals surface area contributed by atoms with Crippen LogP contribution in [0.15, 0.2) is 53.9 Å². The minimum atomic E-state index is -4.83. The number of rotatable bonds is 4. The number of ether oxygens (including phenoxy) is 1. The van der Waals surface area contributed by atoms with E-state index in [1.165, 1.54) is 35.5 Å². The number of hydrogen-bond acceptors (Lipinski definition) is 5. The minimum Gasteiger partial charge on any atom is -0.406 e. The molecule has 1 amide bonds. The van der Waals surface area contributed by atoms with Crippen molar-refractivity contribution in [2.45, 2.75) is 19.2 Å². The van der Waals surface area contributed by atoms with Crippen molar-refractivity contribution in [1.82, 2.24) is 10.3 Å². The van der Waals surface area contributed by atoms with Crippen molar-refractivity contribution in [3.8, 4) is 5.75 Å². The van der Waals surface area contributed by atoms with E-state index in [1.807, 2.05) is 0 Å². The number of carbonyl (C=O) groups excluding carboxylic acids is 1. The summed E-state index contributed by atoms with van der Waals surface area (Å²) in [5.74, 6) is -0.703. The van der Waals surface area contributed by atoms with Gasteiger partial charge in [-0.15, -0.1) is 13.2 Å². The molecule has 0 saturated heterocycles. The molecule has 0 spiro atoms. The first-order valence-corrected chi connectivity index (χ1v) is 8.10. The highest BCUT2D eigenvalue weighted by molar-refractivity contribution is 5.94. The van der Waals surface area contributed by atoms with E-state index in [4.69, 9.17) is 0 Å². The monoisotopic (exact) mass is 394 g/mol. The molecule has 0 bridgehead atoms. The van der Waals surface area contributed by atoms with Gasteiger partial charge in [0.25, 0.3) is 0 Å². The van der Waals surface area contributed by atoms with Crippen LogP contribution < -0.4 is 15.1 Å². The summed E-state index contributed by atoms with van der Waals surface area (Å²) in [7, 11) is 0. The molecule has 10 heteroatoms. The summed E-state index contributed by atoms with van der Waals surface area (Å²) in [4.78, 5) is 14.6. The zero-order chi connectivity index (χ0) is 20.1. The molecule has 1 aromatic heterocycles. The molecule has 0 fully saturated rings. The van der Waals surface area contributed by atoms with E-state index in [9.17, 15) is 22.4 Å². The van der Waals surface area contributed by atoms with Crippen LogP contribution in [0.3, 0.4) is 0 Å². The third kappa shape index (κ3) is 4.84. The number of benzene rings is 1. The summed E-state index contributed by atoms with van der Waals surface area (Å²) in [5.41, 5.74) is 0.991. The van der Waals surface area contributed by atoms with Crippen LogP contribution in [0.2, 0.25) is 0 Å². The van der Waals surface area contributed by atoms with Gasteiger partial charge in [0, 0.05) is 18.1 Å². The summed E-state index contributed by atoms with van der Waals surface area (Å²) in [6, 6.07) is 6.52. The number of alkyl halides is 3. The molecule has 1 N–H and O–H groups in total. The van der Waals surface area contributed by atoms with Crippen LogP contribution in [0.5, 0.6) is 5.75 Å². The van der Waals surface area contributed by atoms with E-state index in [0.717, 1.165) is 6.20 Å². The molecule has 3 rings (SSSR count). The quantitative estimate of drug-likeness (QED) is 0.633. The lowest BCUT2D eigenvalue weighted by molar-refractivity contribution is -0.274. The Morgan fingerprint density at radius 1 is 1.21 bits per heavy atom. The van der Waals surface area contributed by atoms with Gasteiger partial charge in [0.05, 0.1) is 23.8 Å². The van der Waals surface area contributed by atoms with Crippen LogP contribution in [0, 0.1) is 5.82 Å². The molecule has 0 saturated carbocycles. The van der Waals surface area contributed by atoms with Crippen LogP contribution in [-0.4, -0.2) is 23.6 Å². The second-order valence-electron chi connectivity index (χ2n) is 5.69. The van der Waals surface area contributed by atoms with E-state index >= 15 is 0 Å². The van der Waals surface area contributed by atoms with Crippen LogP contribution in [0.4, 0.5) is 23.2 Å². The van der Waals surface area contributed by atoms with Gasteiger partial charge in [-0.1, -0.05) is 18.2 Å². The van der Waals surface area contributed by atoms with Gasteiger partial charge < -0.3 is 10.1 Å². The molecule has 146 valence electrons. The van der Waals surface area contributed by atoms with Crippen molar-refractivity contribution < 1.29 is 27.1 Å². The lowest BCUT2D eigenvalue weighted by Gasteiger charge is -2.22. The van der Waals surface area contributed by atoms with Gasteiger partial charge in [0.2, 0.25) is 6.41 Å². The molecule has 0 radical (unpaired) electrons. The predicted molar refractivity (Wildman–Crippen MR) is 93.6 cm³/mol. The molecule has 1 aliphatic rings. The second-order valence-corrected chi connectivity index (χ2v) is 5.69. The second kappa shape index (κ2) is 8.07. The molecule has 0 unspecified atom stereocenters. The van der Waals surface area contributed by atoms with Gasteiger partial charge in [-0.25, -0.2) is 9.40 Å². The number of aromatic nitrogens is 1. The minimum absolute atomic E-state index is 0.237. The van der Waals surface area contributed by atoms with Crippen molar-refractivity contribution >= 4 is 23.6 Å². The third-order valence-electron chi connectivity index (χ3n) is 3.69. The average molecular weight is 394 g/mol. The van der Waals surface area contributed by atoms with E-state index in [1.54, 1.807) is 12.1 Å². The summed E-state index contributed by atoms with van der Waals surface area (Å²) in [6.45, 7) is 0. The molecule has 1 aliphatic heterocycles. The molecular weight excluding hydrogens is 380 g/mol. The molecular formula is C18H14F4N4O2. The average Bonchev–Trinajstić information content (AvgIpc) is 2.83. The van der Waals surface area contributed by atoms with E-state index in [-0.39, 0.29) is 5.69 Å². The SMILES string of the molecule is O=CNC1=NN(c2cncc(F)c2)C(c2cccc(OC(F)(F)F)c2)=CCC1. The van der Waals surface area contributed by atoms with Gasteiger partial charge in [0.15, 0.2) is 0 Å². The number of hydrogen-bond donors (Lipinski definition) is 1. The number of nitrogens with one attached hydrogen (secondary N) is 1. The number of hydrazone groups is 1. The fourth-order valence-electron chi connectivity index (χ4n) is 2.63. The van der Waals surface area contributed by atoms with Crippen LogP contribution >= 0.6 is 0 Å². The smallest absolute Gasteiger partial charge is 0.406 e. The first-order valence-electron chi connectivity index (χ1n) is 8.10. The normalized spacial score (nSPS) is 14.6. The zero-order valence-corrected chi connectivity index (χ0v) is 14.3. The Balaban J connectivity index is 2.05. The van der Waals surface area contributed by atoms with Crippen molar-refractivity contribution in [2.24, 2.45) is 5.10 Å². The number of halogens is 4. The Bertz CT molecular complexity index is 928. The van der Waals surface area contributed by atoms with Gasteiger partial charge in [-0.2, -0.15) is 5.10 Å². The Hall–Kier alpha value is -3.43. The summed E-state index contributed by atoms with van der Waals surface area (Å²) in [6.07, 6.45) is 0.530. The number of nitrogens with zero attached hydrogens (tertiary/aromatic N) is 3. The van der Waals surface area contributed by atoms with Gasteiger partial charge in [0.1, 0.15) is 17.4 Å². The lowest BCUT2D eigenvalue weighted by Crippen LogP contribution is -2.25. The highest BCUT2D eigenvalue weighted by Gasteiger charge is 2.31. The van der Waals surface area contributed by atoms with Crippen LogP contribution in [0.25, 0.3) is 5.70 Å². The number of carbonyl (C=O) groups is 1. The largest absolute Gasteiger partial charge is 0.573 e. The maximum Gasteiger partial charge on any atom is 0.573 e. The molecule has 0 atom stereocenters. The molecule has 2 heterocycles. The molecule has 1 aromatic carbocycles. The maximum atomic E-state index is 13.7. The zero-order valence-electron chi connectivity index (χ0n) is 14.3. The molecule has 6 nitrogen and oxygen atoms in total. The van der Waals surface area contributed by atoms with Crippen molar-refractivity contribution in [2.75, 3.05) is 5.01 Å². The standard InChI is InChI=1S/C18H14F4N4O2/c19-13-8-14(10-23-9-13)26-16(5-2-6-17(25-26)24-11-27)12-3-1-4-15(7-12)28-18(20,21)22/h1,3-5,7-11H,2,6H2,(H,24,25,27). The lowest BCUT2D eigenvalue weighted by atomic mass is 10.1. The van der Waals surface area contributed by atoms with Crippen LogP contribution in [-0.2, 0) is 4.79 Å². The molecule has 0 aliphatic carbocycles. The number of amides is 1. The maximum absolute atomic E-state index is 13.7. The number of amidine groups is 1. The molecule has 28 heavy (non-hydrogen) atoms.